The lowest BCUT2D eigenvalue weighted by atomic mass is 9.89. The van der Waals surface area contributed by atoms with Crippen LogP contribution in [0.2, 0.25) is 0 Å². The Morgan fingerprint density at radius 3 is 2.96 bits per heavy atom. The van der Waals surface area contributed by atoms with Crippen molar-refractivity contribution in [2.24, 2.45) is 5.92 Å². The molecule has 2 atom stereocenters. The zero-order valence-electron chi connectivity index (χ0n) is 15.6. The van der Waals surface area contributed by atoms with E-state index in [0.29, 0.717) is 18.8 Å². The summed E-state index contributed by atoms with van der Waals surface area (Å²) in [5.41, 5.74) is 5.04. The Bertz CT molecular complexity index is 775. The second-order valence-electron chi connectivity index (χ2n) is 7.27. The maximum Gasteiger partial charge on any atom is 0.272 e. The fourth-order valence-electron chi connectivity index (χ4n) is 3.90. The number of H-pyrrole nitrogens is 1. The monoisotopic (exact) mass is 390 g/mol. The average molecular weight is 391 g/mol. The first-order valence-corrected chi connectivity index (χ1v) is 9.45. The highest BCUT2D eigenvalue weighted by molar-refractivity contribution is 5.94. The highest BCUT2D eigenvalue weighted by Gasteiger charge is 2.29. The zero-order chi connectivity index (χ0) is 17.9. The van der Waals surface area contributed by atoms with Crippen molar-refractivity contribution in [3.8, 4) is 0 Å². The molecule has 1 amide bonds. The maximum absolute atomic E-state index is 12.6. The van der Waals surface area contributed by atoms with E-state index in [2.05, 4.69) is 52.0 Å². The third-order valence-electron chi connectivity index (χ3n) is 5.40. The number of amides is 1. The van der Waals surface area contributed by atoms with Crippen molar-refractivity contribution < 1.29 is 9.53 Å². The maximum atomic E-state index is 12.6. The number of aromatic amines is 1. The molecule has 2 unspecified atom stereocenters. The summed E-state index contributed by atoms with van der Waals surface area (Å²) in [6.45, 7) is 5.09. The van der Waals surface area contributed by atoms with Crippen LogP contribution in [0.3, 0.4) is 0 Å². The van der Waals surface area contributed by atoms with Crippen molar-refractivity contribution in [3.05, 3.63) is 52.3 Å². The number of hydrogen-bond acceptors (Lipinski definition) is 4. The SMILES string of the molecule is Cc1ccc(C2OCCCC2CNC(=O)c2n[nH]c3c2CNCC3)cc1.Cl. The van der Waals surface area contributed by atoms with Gasteiger partial charge in [-0.05, 0) is 25.3 Å². The topological polar surface area (TPSA) is 79.0 Å². The van der Waals surface area contributed by atoms with Gasteiger partial charge in [-0.1, -0.05) is 29.8 Å². The molecule has 0 bridgehead atoms. The third kappa shape index (κ3) is 4.34. The minimum atomic E-state index is -0.0978. The van der Waals surface area contributed by atoms with Crippen LogP contribution in [0.5, 0.6) is 0 Å². The summed E-state index contributed by atoms with van der Waals surface area (Å²) < 4.78 is 6.05. The van der Waals surface area contributed by atoms with Gasteiger partial charge in [0.1, 0.15) is 0 Å². The Hall–Kier alpha value is -1.89. The molecule has 2 aromatic rings. The van der Waals surface area contributed by atoms with E-state index in [1.54, 1.807) is 0 Å². The first-order valence-electron chi connectivity index (χ1n) is 9.45. The van der Waals surface area contributed by atoms with E-state index in [4.69, 9.17) is 4.74 Å². The number of ether oxygens (including phenoxy) is 1. The van der Waals surface area contributed by atoms with Gasteiger partial charge in [-0.15, -0.1) is 12.4 Å². The largest absolute Gasteiger partial charge is 0.373 e. The Morgan fingerprint density at radius 1 is 1.33 bits per heavy atom. The van der Waals surface area contributed by atoms with Crippen molar-refractivity contribution in [2.75, 3.05) is 19.7 Å². The van der Waals surface area contributed by atoms with Crippen LogP contribution in [-0.2, 0) is 17.7 Å². The predicted octanol–water partition coefficient (Wildman–Crippen LogP) is 2.68. The van der Waals surface area contributed by atoms with E-state index in [1.165, 1.54) is 11.1 Å². The predicted molar refractivity (Wildman–Crippen MR) is 106 cm³/mol. The lowest BCUT2D eigenvalue weighted by Gasteiger charge is -2.32. The first-order chi connectivity index (χ1) is 12.7. The van der Waals surface area contributed by atoms with Crippen LogP contribution in [0.4, 0.5) is 0 Å². The van der Waals surface area contributed by atoms with Gasteiger partial charge in [0.2, 0.25) is 0 Å². The number of nitrogens with zero attached hydrogens (tertiary/aromatic N) is 1. The molecule has 27 heavy (non-hydrogen) atoms. The molecule has 0 spiro atoms. The number of benzene rings is 1. The summed E-state index contributed by atoms with van der Waals surface area (Å²) in [5, 5.41) is 13.6. The van der Waals surface area contributed by atoms with Crippen molar-refractivity contribution in [1.29, 1.82) is 0 Å². The number of aryl methyl sites for hydroxylation is 1. The molecule has 2 aliphatic heterocycles. The molecule has 0 radical (unpaired) electrons. The number of carbonyl (C=O) groups excluding carboxylic acids is 1. The van der Waals surface area contributed by atoms with Crippen LogP contribution in [-0.4, -0.2) is 35.8 Å². The number of rotatable bonds is 4. The first kappa shape index (κ1) is 19.9. The molecule has 1 aromatic carbocycles. The third-order valence-corrected chi connectivity index (χ3v) is 5.40. The van der Waals surface area contributed by atoms with Crippen molar-refractivity contribution in [1.82, 2.24) is 20.8 Å². The van der Waals surface area contributed by atoms with E-state index in [9.17, 15) is 4.79 Å². The minimum Gasteiger partial charge on any atom is -0.373 e. The van der Waals surface area contributed by atoms with Gasteiger partial charge in [-0.3, -0.25) is 9.89 Å². The Morgan fingerprint density at radius 2 is 2.15 bits per heavy atom. The van der Waals surface area contributed by atoms with Crippen LogP contribution in [0.1, 0.15) is 51.8 Å². The van der Waals surface area contributed by atoms with Crippen molar-refractivity contribution >= 4 is 18.3 Å². The van der Waals surface area contributed by atoms with E-state index in [0.717, 1.165) is 43.7 Å². The van der Waals surface area contributed by atoms with Crippen LogP contribution in [0.25, 0.3) is 0 Å². The molecule has 0 saturated carbocycles. The van der Waals surface area contributed by atoms with E-state index in [-0.39, 0.29) is 30.3 Å². The fourth-order valence-corrected chi connectivity index (χ4v) is 3.90. The Balaban J connectivity index is 0.00000210. The van der Waals surface area contributed by atoms with Gasteiger partial charge >= 0.3 is 0 Å². The molecular formula is C20H27ClN4O2. The van der Waals surface area contributed by atoms with E-state index in [1.807, 2.05) is 0 Å². The normalized spacial score (nSPS) is 21.8. The highest BCUT2D eigenvalue weighted by Crippen LogP contribution is 2.33. The number of fused-ring (bicyclic) bond motifs is 1. The van der Waals surface area contributed by atoms with Crippen molar-refractivity contribution in [3.63, 3.8) is 0 Å². The standard InChI is InChI=1S/C20H26N4O2.ClH/c1-13-4-6-14(7-5-13)19-15(3-2-10-26-19)11-22-20(25)18-16-12-21-9-8-17(16)23-24-18;/h4-7,15,19,21H,2-3,8-12H2,1H3,(H,22,25)(H,23,24);1H. The lowest BCUT2D eigenvalue weighted by Crippen LogP contribution is -2.36. The van der Waals surface area contributed by atoms with Gasteiger partial charge < -0.3 is 15.4 Å². The molecule has 2 aliphatic rings. The summed E-state index contributed by atoms with van der Waals surface area (Å²) in [4.78, 5) is 12.6. The minimum absolute atomic E-state index is 0. The highest BCUT2D eigenvalue weighted by atomic mass is 35.5. The second-order valence-corrected chi connectivity index (χ2v) is 7.27. The number of carbonyl (C=O) groups is 1. The molecule has 1 aromatic heterocycles. The molecule has 146 valence electrons. The molecule has 7 heteroatoms. The number of hydrogen-bond donors (Lipinski definition) is 3. The smallest absolute Gasteiger partial charge is 0.272 e. The number of nitrogens with one attached hydrogen (secondary N) is 3. The summed E-state index contributed by atoms with van der Waals surface area (Å²) >= 11 is 0. The van der Waals surface area contributed by atoms with Crippen molar-refractivity contribution in [2.45, 2.75) is 38.8 Å². The van der Waals surface area contributed by atoms with Gasteiger partial charge in [0.15, 0.2) is 5.69 Å². The number of halogens is 1. The molecule has 0 aliphatic carbocycles. The molecule has 1 saturated heterocycles. The molecule has 6 nitrogen and oxygen atoms in total. The van der Waals surface area contributed by atoms with Gasteiger partial charge in [0.25, 0.3) is 5.91 Å². The molecule has 3 N–H and O–H groups in total. The molecule has 3 heterocycles. The van der Waals surface area contributed by atoms with Gasteiger partial charge in [0.05, 0.1) is 6.10 Å². The van der Waals surface area contributed by atoms with Crippen LogP contribution < -0.4 is 10.6 Å². The van der Waals surface area contributed by atoms with Gasteiger partial charge in [-0.2, -0.15) is 5.10 Å². The van der Waals surface area contributed by atoms with Gasteiger partial charge in [-0.25, -0.2) is 0 Å². The summed E-state index contributed by atoms with van der Waals surface area (Å²) in [5.74, 6) is 0.183. The summed E-state index contributed by atoms with van der Waals surface area (Å²) in [6, 6.07) is 8.50. The Labute approximate surface area is 165 Å². The Kier molecular flexibility index (Phi) is 6.52. The lowest BCUT2D eigenvalue weighted by molar-refractivity contribution is -0.0272. The van der Waals surface area contributed by atoms with Crippen LogP contribution in [0, 0.1) is 12.8 Å². The second kappa shape index (κ2) is 8.87. The molecule has 4 rings (SSSR count). The average Bonchev–Trinajstić information content (AvgIpc) is 3.11. The van der Waals surface area contributed by atoms with E-state index >= 15 is 0 Å². The quantitative estimate of drug-likeness (QED) is 0.749. The molecule has 1 fully saturated rings. The van der Waals surface area contributed by atoms with E-state index < -0.39 is 0 Å². The van der Waals surface area contributed by atoms with Crippen LogP contribution >= 0.6 is 12.4 Å². The van der Waals surface area contributed by atoms with Gasteiger partial charge in [0, 0.05) is 49.8 Å². The number of aromatic nitrogens is 2. The summed E-state index contributed by atoms with van der Waals surface area (Å²) in [6.07, 6.45) is 3.02. The van der Waals surface area contributed by atoms with Crippen LogP contribution in [0.15, 0.2) is 24.3 Å². The molecular weight excluding hydrogens is 364 g/mol. The fraction of sp³-hybridized carbons (Fsp3) is 0.500. The zero-order valence-corrected chi connectivity index (χ0v) is 16.4. The summed E-state index contributed by atoms with van der Waals surface area (Å²) in [7, 11) is 0.